The number of thiazole rings is 1. The van der Waals surface area contributed by atoms with Crippen LogP contribution >= 0.6 is 11.3 Å². The van der Waals surface area contributed by atoms with E-state index in [4.69, 9.17) is 4.74 Å². The van der Waals surface area contributed by atoms with E-state index >= 15 is 0 Å². The number of methoxy groups -OCH3 is 1. The lowest BCUT2D eigenvalue weighted by Gasteiger charge is -2.01. The van der Waals surface area contributed by atoms with Gasteiger partial charge < -0.3 is 10.1 Å². The summed E-state index contributed by atoms with van der Waals surface area (Å²) in [5, 5.41) is 6.38. The lowest BCUT2D eigenvalue weighted by atomic mass is 10.2. The third-order valence-corrected chi connectivity index (χ3v) is 3.60. The van der Waals surface area contributed by atoms with Gasteiger partial charge in [0.1, 0.15) is 5.82 Å². The van der Waals surface area contributed by atoms with Gasteiger partial charge in [0.25, 0.3) is 0 Å². The summed E-state index contributed by atoms with van der Waals surface area (Å²) in [5.41, 5.74) is 1.87. The molecule has 19 heavy (non-hydrogen) atoms. The van der Waals surface area contributed by atoms with Crippen molar-refractivity contribution in [2.24, 2.45) is 0 Å². The second kappa shape index (κ2) is 7.33. The first-order chi connectivity index (χ1) is 9.29. The normalized spacial score (nSPS) is 10.8. The molecule has 3 nitrogen and oxygen atoms in total. The molecule has 0 aliphatic rings. The van der Waals surface area contributed by atoms with E-state index in [1.807, 2.05) is 5.38 Å². The average Bonchev–Trinajstić information content (AvgIpc) is 2.88. The Labute approximate surface area is 116 Å². The molecule has 1 N–H and O–H groups in total. The van der Waals surface area contributed by atoms with E-state index in [9.17, 15) is 4.39 Å². The van der Waals surface area contributed by atoms with Gasteiger partial charge in [0, 0.05) is 37.6 Å². The van der Waals surface area contributed by atoms with Crippen LogP contribution in [0.1, 0.15) is 5.01 Å². The van der Waals surface area contributed by atoms with E-state index in [1.54, 1.807) is 30.6 Å². The van der Waals surface area contributed by atoms with Gasteiger partial charge in [-0.25, -0.2) is 9.37 Å². The number of hydrogen-bond donors (Lipinski definition) is 1. The second-order valence-corrected chi connectivity index (χ2v) is 5.07. The maximum absolute atomic E-state index is 12.8. The number of hydrogen-bond acceptors (Lipinski definition) is 4. The topological polar surface area (TPSA) is 34.1 Å². The molecule has 2 aromatic rings. The molecule has 0 radical (unpaired) electrons. The Balaban J connectivity index is 1.86. The highest BCUT2D eigenvalue weighted by atomic mass is 32.1. The smallest absolute Gasteiger partial charge is 0.123 e. The SMILES string of the molecule is COCCNCCc1nc(-c2ccc(F)cc2)cs1. The summed E-state index contributed by atoms with van der Waals surface area (Å²) < 4.78 is 17.8. The van der Waals surface area contributed by atoms with Gasteiger partial charge in [-0.15, -0.1) is 11.3 Å². The summed E-state index contributed by atoms with van der Waals surface area (Å²) in [5.74, 6) is -0.221. The highest BCUT2D eigenvalue weighted by Crippen LogP contribution is 2.22. The number of nitrogens with one attached hydrogen (secondary N) is 1. The molecular formula is C14H17FN2OS. The Kier molecular flexibility index (Phi) is 5.44. The first kappa shape index (κ1) is 14.1. The molecule has 0 atom stereocenters. The fourth-order valence-electron chi connectivity index (χ4n) is 1.67. The van der Waals surface area contributed by atoms with Gasteiger partial charge in [-0.1, -0.05) is 0 Å². The van der Waals surface area contributed by atoms with Crippen LogP contribution in [-0.4, -0.2) is 31.8 Å². The molecular weight excluding hydrogens is 263 g/mol. The summed E-state index contributed by atoms with van der Waals surface area (Å²) in [6.45, 7) is 2.46. The molecule has 102 valence electrons. The molecule has 5 heteroatoms. The summed E-state index contributed by atoms with van der Waals surface area (Å²) >= 11 is 1.64. The van der Waals surface area contributed by atoms with Crippen LogP contribution in [0.15, 0.2) is 29.6 Å². The van der Waals surface area contributed by atoms with Gasteiger partial charge in [-0.2, -0.15) is 0 Å². The van der Waals surface area contributed by atoms with Crippen LogP contribution in [0.3, 0.4) is 0 Å². The van der Waals surface area contributed by atoms with Crippen molar-refractivity contribution >= 4 is 11.3 Å². The molecule has 1 heterocycles. The van der Waals surface area contributed by atoms with Crippen molar-refractivity contribution in [1.29, 1.82) is 0 Å². The molecule has 1 aromatic carbocycles. The quantitative estimate of drug-likeness (QED) is 0.792. The van der Waals surface area contributed by atoms with Crippen molar-refractivity contribution in [1.82, 2.24) is 10.3 Å². The van der Waals surface area contributed by atoms with Gasteiger partial charge >= 0.3 is 0 Å². The second-order valence-electron chi connectivity index (χ2n) is 4.13. The predicted octanol–water partition coefficient (Wildman–Crippen LogP) is 2.73. The van der Waals surface area contributed by atoms with Gasteiger partial charge in [0.2, 0.25) is 0 Å². The minimum atomic E-state index is -0.221. The van der Waals surface area contributed by atoms with Crippen molar-refractivity contribution in [3.8, 4) is 11.3 Å². The number of rotatable bonds is 7. The molecule has 1 aromatic heterocycles. The first-order valence-corrected chi connectivity index (χ1v) is 7.07. The minimum absolute atomic E-state index is 0.221. The van der Waals surface area contributed by atoms with E-state index < -0.39 is 0 Å². The number of aromatic nitrogens is 1. The van der Waals surface area contributed by atoms with E-state index in [-0.39, 0.29) is 5.82 Å². The molecule has 0 aliphatic heterocycles. The highest BCUT2D eigenvalue weighted by Gasteiger charge is 2.04. The van der Waals surface area contributed by atoms with E-state index in [2.05, 4.69) is 10.3 Å². The van der Waals surface area contributed by atoms with Crippen LogP contribution in [0.2, 0.25) is 0 Å². The number of nitrogens with zero attached hydrogens (tertiary/aromatic N) is 1. The third-order valence-electron chi connectivity index (χ3n) is 2.69. The van der Waals surface area contributed by atoms with Crippen LogP contribution in [-0.2, 0) is 11.2 Å². The Morgan fingerprint density at radius 3 is 2.79 bits per heavy atom. The van der Waals surface area contributed by atoms with Crippen molar-refractivity contribution in [2.45, 2.75) is 6.42 Å². The first-order valence-electron chi connectivity index (χ1n) is 6.19. The van der Waals surface area contributed by atoms with E-state index in [0.717, 1.165) is 42.4 Å². The Bertz CT molecular complexity index is 498. The average molecular weight is 280 g/mol. The van der Waals surface area contributed by atoms with Gasteiger partial charge in [-0.3, -0.25) is 0 Å². The Hall–Kier alpha value is -1.30. The zero-order valence-electron chi connectivity index (χ0n) is 10.9. The lowest BCUT2D eigenvalue weighted by molar-refractivity contribution is 0.199. The predicted molar refractivity (Wildman–Crippen MR) is 76.0 cm³/mol. The molecule has 0 aliphatic carbocycles. The highest BCUT2D eigenvalue weighted by molar-refractivity contribution is 7.09. The maximum Gasteiger partial charge on any atom is 0.123 e. The standard InChI is InChI=1S/C14H17FN2OS/c1-18-9-8-16-7-6-14-17-13(10-19-14)11-2-4-12(15)5-3-11/h2-5,10,16H,6-9H2,1H3. The van der Waals surface area contributed by atoms with E-state index in [0.29, 0.717) is 0 Å². The minimum Gasteiger partial charge on any atom is -0.383 e. The van der Waals surface area contributed by atoms with Crippen LogP contribution in [0.4, 0.5) is 4.39 Å². The molecule has 0 bridgehead atoms. The number of halogens is 1. The van der Waals surface area contributed by atoms with Crippen LogP contribution in [0.25, 0.3) is 11.3 Å². The monoisotopic (exact) mass is 280 g/mol. The molecule has 0 saturated heterocycles. The van der Waals surface area contributed by atoms with Crippen LogP contribution in [0.5, 0.6) is 0 Å². The lowest BCUT2D eigenvalue weighted by Crippen LogP contribution is -2.21. The molecule has 0 spiro atoms. The molecule has 0 fully saturated rings. The molecule has 0 saturated carbocycles. The molecule has 2 rings (SSSR count). The number of benzene rings is 1. The van der Waals surface area contributed by atoms with Gasteiger partial charge in [0.15, 0.2) is 0 Å². The van der Waals surface area contributed by atoms with Gasteiger partial charge in [0.05, 0.1) is 17.3 Å². The largest absolute Gasteiger partial charge is 0.383 e. The zero-order chi connectivity index (χ0) is 13.5. The fourth-order valence-corrected chi connectivity index (χ4v) is 2.48. The molecule has 0 unspecified atom stereocenters. The Morgan fingerprint density at radius 1 is 1.26 bits per heavy atom. The van der Waals surface area contributed by atoms with Crippen LogP contribution < -0.4 is 5.32 Å². The van der Waals surface area contributed by atoms with Crippen molar-refractivity contribution in [3.63, 3.8) is 0 Å². The fraction of sp³-hybridized carbons (Fsp3) is 0.357. The summed E-state index contributed by atoms with van der Waals surface area (Å²) in [7, 11) is 1.69. The zero-order valence-corrected chi connectivity index (χ0v) is 11.7. The maximum atomic E-state index is 12.8. The van der Waals surface area contributed by atoms with Crippen molar-refractivity contribution in [2.75, 3.05) is 26.8 Å². The summed E-state index contributed by atoms with van der Waals surface area (Å²) in [6.07, 6.45) is 0.898. The van der Waals surface area contributed by atoms with Crippen LogP contribution in [0, 0.1) is 5.82 Å². The third kappa shape index (κ3) is 4.38. The Morgan fingerprint density at radius 2 is 2.05 bits per heavy atom. The summed E-state index contributed by atoms with van der Waals surface area (Å²) in [6, 6.07) is 6.43. The van der Waals surface area contributed by atoms with Crippen molar-refractivity contribution < 1.29 is 9.13 Å². The van der Waals surface area contributed by atoms with Gasteiger partial charge in [-0.05, 0) is 24.3 Å². The molecule has 0 amide bonds. The summed E-state index contributed by atoms with van der Waals surface area (Å²) in [4.78, 5) is 4.55. The van der Waals surface area contributed by atoms with Crippen molar-refractivity contribution in [3.05, 3.63) is 40.5 Å². The number of ether oxygens (including phenoxy) is 1. The van der Waals surface area contributed by atoms with E-state index in [1.165, 1.54) is 12.1 Å².